The van der Waals surface area contributed by atoms with Crippen molar-refractivity contribution in [2.45, 2.75) is 24.8 Å². The van der Waals surface area contributed by atoms with Crippen LogP contribution in [0.5, 0.6) is 0 Å². The number of benzene rings is 1. The van der Waals surface area contributed by atoms with E-state index in [4.69, 9.17) is 10.5 Å². The SMILES string of the molecule is Cl.Cl.NC1(C(=O)NCC2CCN(c3cccc(Br)c3)C2)CCOCC1. The number of hydrogen-bond donors (Lipinski definition) is 2. The summed E-state index contributed by atoms with van der Waals surface area (Å²) in [5.41, 5.74) is 6.70. The smallest absolute Gasteiger partial charge is 0.240 e. The molecule has 1 atom stereocenters. The first kappa shape index (κ1) is 22.5. The van der Waals surface area contributed by atoms with Crippen molar-refractivity contribution in [3.8, 4) is 0 Å². The number of nitrogens with one attached hydrogen (secondary N) is 1. The van der Waals surface area contributed by atoms with E-state index < -0.39 is 5.54 Å². The second kappa shape index (κ2) is 9.97. The predicted molar refractivity (Wildman–Crippen MR) is 109 cm³/mol. The monoisotopic (exact) mass is 453 g/mol. The number of nitrogens with two attached hydrogens (primary N) is 1. The van der Waals surface area contributed by atoms with E-state index in [-0.39, 0.29) is 30.7 Å². The topological polar surface area (TPSA) is 67.6 Å². The van der Waals surface area contributed by atoms with Crippen LogP contribution < -0.4 is 16.0 Å². The van der Waals surface area contributed by atoms with E-state index >= 15 is 0 Å². The van der Waals surface area contributed by atoms with Gasteiger partial charge in [-0.1, -0.05) is 22.0 Å². The van der Waals surface area contributed by atoms with Crippen molar-refractivity contribution in [3.63, 3.8) is 0 Å². The Morgan fingerprint density at radius 1 is 1.36 bits per heavy atom. The molecule has 0 aromatic heterocycles. The standard InChI is InChI=1S/C17H24BrN3O2.2ClH/c18-14-2-1-3-15(10-14)21-7-4-13(12-21)11-20-16(22)17(19)5-8-23-9-6-17;;/h1-3,10,13H,4-9,11-12,19H2,(H,20,22);2*1H. The van der Waals surface area contributed by atoms with E-state index in [1.165, 1.54) is 5.69 Å². The first-order valence-corrected chi connectivity index (χ1v) is 9.01. The molecule has 2 aliphatic rings. The molecule has 142 valence electrons. The fourth-order valence-electron chi connectivity index (χ4n) is 3.28. The van der Waals surface area contributed by atoms with Crippen LogP contribution in [0.4, 0.5) is 5.69 Å². The first-order valence-electron chi connectivity index (χ1n) is 8.22. The lowest BCUT2D eigenvalue weighted by molar-refractivity contribution is -0.129. The van der Waals surface area contributed by atoms with Crippen LogP contribution in [-0.4, -0.2) is 44.3 Å². The third-order valence-electron chi connectivity index (χ3n) is 4.85. The van der Waals surface area contributed by atoms with Gasteiger partial charge in [0.25, 0.3) is 0 Å². The van der Waals surface area contributed by atoms with Crippen molar-refractivity contribution in [1.82, 2.24) is 5.32 Å². The molecule has 1 amide bonds. The highest BCUT2D eigenvalue weighted by molar-refractivity contribution is 9.10. The minimum absolute atomic E-state index is 0. The minimum atomic E-state index is -0.749. The van der Waals surface area contributed by atoms with Crippen LogP contribution >= 0.6 is 40.7 Å². The van der Waals surface area contributed by atoms with Gasteiger partial charge in [-0.05, 0) is 43.4 Å². The Kier molecular flexibility index (Phi) is 8.98. The number of halogens is 3. The fraction of sp³-hybridized carbons (Fsp3) is 0.588. The van der Waals surface area contributed by atoms with Gasteiger partial charge in [-0.15, -0.1) is 24.8 Å². The van der Waals surface area contributed by atoms with Crippen molar-refractivity contribution in [2.24, 2.45) is 11.7 Å². The van der Waals surface area contributed by atoms with Crippen molar-refractivity contribution < 1.29 is 9.53 Å². The van der Waals surface area contributed by atoms with Gasteiger partial charge in [0.15, 0.2) is 0 Å². The summed E-state index contributed by atoms with van der Waals surface area (Å²) >= 11 is 3.52. The van der Waals surface area contributed by atoms with Crippen molar-refractivity contribution in [3.05, 3.63) is 28.7 Å². The molecule has 25 heavy (non-hydrogen) atoms. The number of hydrogen-bond acceptors (Lipinski definition) is 4. The molecule has 0 spiro atoms. The van der Waals surface area contributed by atoms with E-state index in [9.17, 15) is 4.79 Å². The number of amides is 1. The van der Waals surface area contributed by atoms with E-state index in [0.717, 1.165) is 24.0 Å². The molecule has 1 aromatic carbocycles. The van der Waals surface area contributed by atoms with Gasteiger partial charge in [0.2, 0.25) is 5.91 Å². The summed E-state index contributed by atoms with van der Waals surface area (Å²) in [6.07, 6.45) is 2.30. The molecule has 0 bridgehead atoms. The van der Waals surface area contributed by atoms with Crippen LogP contribution in [0.25, 0.3) is 0 Å². The summed E-state index contributed by atoms with van der Waals surface area (Å²) in [4.78, 5) is 14.7. The number of rotatable bonds is 4. The molecule has 3 rings (SSSR count). The van der Waals surface area contributed by atoms with E-state index in [2.05, 4.69) is 44.3 Å². The van der Waals surface area contributed by atoms with E-state index in [1.807, 2.05) is 6.07 Å². The van der Waals surface area contributed by atoms with Crippen LogP contribution in [0.2, 0.25) is 0 Å². The Balaban J connectivity index is 0.00000156. The summed E-state index contributed by atoms with van der Waals surface area (Å²) in [6.45, 7) is 3.84. The first-order chi connectivity index (χ1) is 11.1. The average Bonchev–Trinajstić information content (AvgIpc) is 3.02. The zero-order chi connectivity index (χ0) is 16.3. The van der Waals surface area contributed by atoms with Crippen molar-refractivity contribution in [2.75, 3.05) is 37.7 Å². The molecule has 0 aliphatic carbocycles. The maximum atomic E-state index is 12.4. The molecule has 1 unspecified atom stereocenters. The van der Waals surface area contributed by atoms with Crippen LogP contribution in [0, 0.1) is 5.92 Å². The van der Waals surface area contributed by atoms with Gasteiger partial charge in [0, 0.05) is 43.0 Å². The number of carbonyl (C=O) groups excluding carboxylic acids is 1. The Morgan fingerprint density at radius 2 is 2.08 bits per heavy atom. The Morgan fingerprint density at radius 3 is 2.76 bits per heavy atom. The van der Waals surface area contributed by atoms with Gasteiger partial charge in [0.1, 0.15) is 0 Å². The highest BCUT2D eigenvalue weighted by Gasteiger charge is 2.36. The lowest BCUT2D eigenvalue weighted by Crippen LogP contribution is -2.57. The molecule has 2 heterocycles. The zero-order valence-electron chi connectivity index (χ0n) is 14.1. The molecular formula is C17H26BrCl2N3O2. The van der Waals surface area contributed by atoms with Crippen LogP contribution in [0.3, 0.4) is 0 Å². The third kappa shape index (κ3) is 5.73. The highest BCUT2D eigenvalue weighted by atomic mass is 79.9. The summed E-state index contributed by atoms with van der Waals surface area (Å²) in [6, 6.07) is 8.35. The molecule has 8 heteroatoms. The lowest BCUT2D eigenvalue weighted by atomic mass is 9.90. The summed E-state index contributed by atoms with van der Waals surface area (Å²) in [7, 11) is 0. The number of nitrogens with zero attached hydrogens (tertiary/aromatic N) is 1. The summed E-state index contributed by atoms with van der Waals surface area (Å²) in [5.74, 6) is 0.447. The normalized spacial score (nSPS) is 21.8. The molecular weight excluding hydrogens is 429 g/mol. The molecule has 2 aliphatic heterocycles. The maximum Gasteiger partial charge on any atom is 0.240 e. The molecule has 0 radical (unpaired) electrons. The van der Waals surface area contributed by atoms with Gasteiger partial charge in [-0.25, -0.2) is 0 Å². The van der Waals surface area contributed by atoms with Gasteiger partial charge in [0.05, 0.1) is 5.54 Å². The van der Waals surface area contributed by atoms with Crippen molar-refractivity contribution >= 4 is 52.3 Å². The van der Waals surface area contributed by atoms with Gasteiger partial charge >= 0.3 is 0 Å². The second-order valence-corrected chi connectivity index (χ2v) is 7.47. The van der Waals surface area contributed by atoms with Gasteiger partial charge in [-0.3, -0.25) is 4.79 Å². The predicted octanol–water partition coefficient (Wildman–Crippen LogP) is 2.74. The highest BCUT2D eigenvalue weighted by Crippen LogP contribution is 2.26. The number of carbonyl (C=O) groups is 1. The van der Waals surface area contributed by atoms with E-state index in [1.54, 1.807) is 0 Å². The zero-order valence-corrected chi connectivity index (χ0v) is 17.3. The maximum absolute atomic E-state index is 12.4. The summed E-state index contributed by atoms with van der Waals surface area (Å²) < 4.78 is 6.39. The quantitative estimate of drug-likeness (QED) is 0.733. The molecule has 2 saturated heterocycles. The number of ether oxygens (including phenoxy) is 1. The minimum Gasteiger partial charge on any atom is -0.381 e. The second-order valence-electron chi connectivity index (χ2n) is 6.56. The molecule has 1 aromatic rings. The molecule has 2 fully saturated rings. The largest absolute Gasteiger partial charge is 0.381 e. The average molecular weight is 455 g/mol. The Bertz CT molecular complexity index is 571. The number of anilines is 1. The lowest BCUT2D eigenvalue weighted by Gasteiger charge is -2.32. The van der Waals surface area contributed by atoms with Crippen LogP contribution in [-0.2, 0) is 9.53 Å². The van der Waals surface area contributed by atoms with E-state index in [0.29, 0.717) is 38.5 Å². The Hall–Kier alpha value is -0.530. The fourth-order valence-corrected chi connectivity index (χ4v) is 3.67. The van der Waals surface area contributed by atoms with Gasteiger partial charge < -0.3 is 20.7 Å². The third-order valence-corrected chi connectivity index (χ3v) is 5.34. The van der Waals surface area contributed by atoms with Crippen LogP contribution in [0.1, 0.15) is 19.3 Å². The summed E-state index contributed by atoms with van der Waals surface area (Å²) in [5, 5.41) is 3.06. The van der Waals surface area contributed by atoms with Gasteiger partial charge in [-0.2, -0.15) is 0 Å². The molecule has 3 N–H and O–H groups in total. The van der Waals surface area contributed by atoms with Crippen molar-refractivity contribution in [1.29, 1.82) is 0 Å². The Labute approximate surface area is 170 Å². The molecule has 5 nitrogen and oxygen atoms in total. The van der Waals surface area contributed by atoms with Crippen LogP contribution in [0.15, 0.2) is 28.7 Å². The molecule has 0 saturated carbocycles.